The van der Waals surface area contributed by atoms with E-state index in [1.165, 1.54) is 7.11 Å². The number of urea groups is 1. The van der Waals surface area contributed by atoms with Gasteiger partial charge < -0.3 is 15.2 Å². The Hall–Kier alpha value is -2.82. The van der Waals surface area contributed by atoms with Gasteiger partial charge in [0.2, 0.25) is 11.8 Å². The highest BCUT2D eigenvalue weighted by Crippen LogP contribution is 2.10. The van der Waals surface area contributed by atoms with E-state index in [0.29, 0.717) is 5.69 Å². The van der Waals surface area contributed by atoms with E-state index in [2.05, 4.69) is 26.5 Å². The van der Waals surface area contributed by atoms with Crippen molar-refractivity contribution in [1.29, 1.82) is 0 Å². The summed E-state index contributed by atoms with van der Waals surface area (Å²) < 4.78 is 4.93. The number of aliphatic carboxylic acids is 1. The Balaban J connectivity index is 2.73. The summed E-state index contributed by atoms with van der Waals surface area (Å²) in [4.78, 5) is 30.3. The molecule has 1 aromatic heterocycles. The predicted octanol–water partition coefficient (Wildman–Crippen LogP) is 0.392. The van der Waals surface area contributed by atoms with Crippen molar-refractivity contribution in [2.45, 2.75) is 19.4 Å². The summed E-state index contributed by atoms with van der Waals surface area (Å²) in [5.41, 5.74) is 0.588. The molecule has 1 heterocycles. The maximum atomic E-state index is 11.6. The quantitative estimate of drug-likeness (QED) is 0.671. The number of terminal acetylenes is 1. The first kappa shape index (κ1) is 15.2. The van der Waals surface area contributed by atoms with Gasteiger partial charge in [-0.25, -0.2) is 14.6 Å². The largest absolute Gasteiger partial charge is 0.481 e. The molecule has 0 saturated heterocycles. The van der Waals surface area contributed by atoms with Crippen LogP contribution < -0.4 is 15.4 Å². The minimum Gasteiger partial charge on any atom is -0.481 e. The first-order chi connectivity index (χ1) is 9.46. The summed E-state index contributed by atoms with van der Waals surface area (Å²) in [7, 11) is 1.43. The van der Waals surface area contributed by atoms with Gasteiger partial charge in [-0.05, 0) is 6.92 Å². The summed E-state index contributed by atoms with van der Waals surface area (Å²) in [5.74, 6) is 1.24. The van der Waals surface area contributed by atoms with Gasteiger partial charge >= 0.3 is 12.0 Å². The second-order valence-corrected chi connectivity index (χ2v) is 3.77. The molecule has 8 nitrogen and oxygen atoms in total. The fraction of sp³-hybridized carbons (Fsp3) is 0.333. The summed E-state index contributed by atoms with van der Waals surface area (Å²) in [6, 6.07) is -0.353. The number of aromatic nitrogens is 2. The van der Waals surface area contributed by atoms with Gasteiger partial charge in [-0.3, -0.25) is 5.32 Å². The summed E-state index contributed by atoms with van der Waals surface area (Å²) in [6.45, 7) is 1.70. The number of ether oxygens (including phenoxy) is 1. The maximum absolute atomic E-state index is 11.6. The van der Waals surface area contributed by atoms with E-state index in [4.69, 9.17) is 16.3 Å². The third-order valence-electron chi connectivity index (χ3n) is 2.19. The summed E-state index contributed by atoms with van der Waals surface area (Å²) >= 11 is 0. The first-order valence-electron chi connectivity index (χ1n) is 5.59. The monoisotopic (exact) mass is 278 g/mol. The number of anilines is 1. The van der Waals surface area contributed by atoms with Crippen LogP contribution in [0.3, 0.4) is 0 Å². The van der Waals surface area contributed by atoms with Crippen LogP contribution in [0.15, 0.2) is 6.07 Å². The van der Waals surface area contributed by atoms with Crippen LogP contribution in [-0.2, 0) is 4.79 Å². The predicted molar refractivity (Wildman–Crippen MR) is 70.3 cm³/mol. The van der Waals surface area contributed by atoms with Gasteiger partial charge in [-0.1, -0.05) is 0 Å². The number of hydrogen-bond donors (Lipinski definition) is 3. The summed E-state index contributed by atoms with van der Waals surface area (Å²) in [5, 5.41) is 13.4. The Bertz CT molecular complexity index is 553. The van der Waals surface area contributed by atoms with Gasteiger partial charge in [0.25, 0.3) is 0 Å². The lowest BCUT2D eigenvalue weighted by Crippen LogP contribution is -2.43. The van der Waals surface area contributed by atoms with Crippen LogP contribution in [0, 0.1) is 19.3 Å². The third kappa shape index (κ3) is 4.45. The fourth-order valence-electron chi connectivity index (χ4n) is 1.31. The van der Waals surface area contributed by atoms with Crippen LogP contribution >= 0.6 is 0 Å². The highest BCUT2D eigenvalue weighted by atomic mass is 16.5. The molecule has 0 spiro atoms. The van der Waals surface area contributed by atoms with Crippen LogP contribution in [0.5, 0.6) is 5.88 Å². The van der Waals surface area contributed by atoms with Crippen molar-refractivity contribution in [2.24, 2.45) is 0 Å². The number of hydrogen-bond acceptors (Lipinski definition) is 5. The van der Waals surface area contributed by atoms with Crippen molar-refractivity contribution in [3.05, 3.63) is 11.8 Å². The number of rotatable bonds is 5. The van der Waals surface area contributed by atoms with Crippen LogP contribution in [0.4, 0.5) is 10.7 Å². The zero-order valence-electron chi connectivity index (χ0n) is 11.0. The van der Waals surface area contributed by atoms with E-state index in [0.717, 1.165) is 0 Å². The highest BCUT2D eigenvalue weighted by molar-refractivity contribution is 5.90. The molecule has 0 bridgehead atoms. The highest BCUT2D eigenvalue weighted by Gasteiger charge is 2.19. The number of carbonyl (C=O) groups is 2. The lowest BCUT2D eigenvalue weighted by molar-refractivity contribution is -0.139. The Morgan fingerprint density at radius 2 is 2.25 bits per heavy atom. The van der Waals surface area contributed by atoms with Crippen molar-refractivity contribution >= 4 is 17.9 Å². The molecule has 1 unspecified atom stereocenters. The molecule has 8 heteroatoms. The molecule has 20 heavy (non-hydrogen) atoms. The van der Waals surface area contributed by atoms with Gasteiger partial charge in [0.1, 0.15) is 6.04 Å². The van der Waals surface area contributed by atoms with Crippen molar-refractivity contribution in [3.63, 3.8) is 0 Å². The number of carboxylic acids is 1. The van der Waals surface area contributed by atoms with Gasteiger partial charge in [0.05, 0.1) is 7.11 Å². The smallest absolute Gasteiger partial charge is 0.327 e. The van der Waals surface area contributed by atoms with Crippen molar-refractivity contribution in [3.8, 4) is 18.2 Å². The topological polar surface area (TPSA) is 113 Å². The number of carboxylic acid groups (broad SMARTS) is 1. The molecule has 0 fully saturated rings. The molecule has 1 atom stereocenters. The molecule has 2 amide bonds. The van der Waals surface area contributed by atoms with Gasteiger partial charge in [0.15, 0.2) is 0 Å². The lowest BCUT2D eigenvalue weighted by Gasteiger charge is -2.12. The van der Waals surface area contributed by atoms with Crippen LogP contribution in [0.2, 0.25) is 0 Å². The van der Waals surface area contributed by atoms with E-state index >= 15 is 0 Å². The molecular formula is C12H14N4O4. The number of methoxy groups -OCH3 is 1. The number of amides is 2. The standard InChI is InChI=1S/C12H14N4O4/c1-4-5-8(10(17)18)14-12(19)16-11-13-7(2)6-9(15-11)20-3/h1,6,8H,5H2,2-3H3,(H,17,18)(H2,13,14,15,16,19). The maximum Gasteiger partial charge on any atom is 0.327 e. The Labute approximate surface area is 115 Å². The number of nitrogens with one attached hydrogen (secondary N) is 2. The molecular weight excluding hydrogens is 264 g/mol. The first-order valence-corrected chi connectivity index (χ1v) is 5.59. The Kier molecular flexibility index (Phi) is 5.29. The molecule has 1 aromatic rings. The van der Waals surface area contributed by atoms with Crippen LogP contribution in [0.25, 0.3) is 0 Å². The van der Waals surface area contributed by atoms with E-state index in [1.54, 1.807) is 13.0 Å². The molecule has 0 aliphatic heterocycles. The Morgan fingerprint density at radius 3 is 2.80 bits per heavy atom. The minimum atomic E-state index is -1.22. The van der Waals surface area contributed by atoms with Crippen molar-refractivity contribution in [2.75, 3.05) is 12.4 Å². The lowest BCUT2D eigenvalue weighted by atomic mass is 10.2. The zero-order valence-corrected chi connectivity index (χ0v) is 11.0. The summed E-state index contributed by atoms with van der Waals surface area (Å²) in [6.07, 6.45) is 4.90. The molecule has 0 aliphatic rings. The average Bonchev–Trinajstić information content (AvgIpc) is 2.37. The normalized spacial score (nSPS) is 11.1. The van der Waals surface area contributed by atoms with Gasteiger partial charge in [0, 0.05) is 18.2 Å². The molecule has 1 rings (SSSR count). The molecule has 0 aromatic carbocycles. The number of aryl methyl sites for hydroxylation is 1. The van der Waals surface area contributed by atoms with Crippen molar-refractivity contribution in [1.82, 2.24) is 15.3 Å². The third-order valence-corrected chi connectivity index (χ3v) is 2.19. The number of carbonyl (C=O) groups excluding carboxylic acids is 1. The SMILES string of the molecule is C#CCC(NC(=O)Nc1nc(C)cc(OC)n1)C(=O)O. The molecule has 0 saturated carbocycles. The minimum absolute atomic E-state index is 0.00389. The molecule has 0 aliphatic carbocycles. The van der Waals surface area contributed by atoms with Crippen LogP contribution in [-0.4, -0.2) is 40.2 Å². The van der Waals surface area contributed by atoms with Crippen molar-refractivity contribution < 1.29 is 19.4 Å². The van der Waals surface area contributed by atoms with E-state index in [9.17, 15) is 9.59 Å². The van der Waals surface area contributed by atoms with E-state index in [-0.39, 0.29) is 18.2 Å². The van der Waals surface area contributed by atoms with E-state index < -0.39 is 18.0 Å². The van der Waals surface area contributed by atoms with Gasteiger partial charge in [-0.2, -0.15) is 4.98 Å². The van der Waals surface area contributed by atoms with Gasteiger partial charge in [-0.15, -0.1) is 12.3 Å². The second-order valence-electron chi connectivity index (χ2n) is 3.77. The second kappa shape index (κ2) is 6.94. The van der Waals surface area contributed by atoms with Crippen LogP contribution in [0.1, 0.15) is 12.1 Å². The number of nitrogens with zero attached hydrogens (tertiary/aromatic N) is 2. The zero-order chi connectivity index (χ0) is 15.1. The van der Waals surface area contributed by atoms with E-state index in [1.807, 2.05) is 0 Å². The fourth-order valence-corrected chi connectivity index (χ4v) is 1.31. The molecule has 0 radical (unpaired) electrons. The average molecular weight is 278 g/mol. The molecule has 3 N–H and O–H groups in total. The Morgan fingerprint density at radius 1 is 1.55 bits per heavy atom. The molecule has 106 valence electrons.